The van der Waals surface area contributed by atoms with E-state index in [-0.39, 0.29) is 11.7 Å². The summed E-state index contributed by atoms with van der Waals surface area (Å²) in [5.41, 5.74) is 2.81. The molecule has 0 aliphatic carbocycles. The fourth-order valence-corrected chi connectivity index (χ4v) is 2.36. The maximum atomic E-state index is 12.9. The predicted molar refractivity (Wildman–Crippen MR) is 98.1 cm³/mol. The Kier molecular flexibility index (Phi) is 5.43. The molecule has 0 aliphatic rings. The Hall–Kier alpha value is -3.41. The molecular formula is C20H18FN3O2. The Labute approximate surface area is 150 Å². The van der Waals surface area contributed by atoms with Gasteiger partial charge in [0.2, 0.25) is 0 Å². The number of carbonyl (C=O) groups excluding carboxylic acids is 1. The SMILES string of the molecule is COc1ccc(Nc2cncc(C(=O)NCc3ccc(F)cc3)c2)cc1. The van der Waals surface area contributed by atoms with Gasteiger partial charge in [-0.15, -0.1) is 0 Å². The summed E-state index contributed by atoms with van der Waals surface area (Å²) in [5.74, 6) is 0.212. The maximum Gasteiger partial charge on any atom is 0.253 e. The van der Waals surface area contributed by atoms with Crippen LogP contribution in [0.25, 0.3) is 0 Å². The zero-order valence-electron chi connectivity index (χ0n) is 14.2. The number of aromatic nitrogens is 1. The van der Waals surface area contributed by atoms with Crippen molar-refractivity contribution in [3.63, 3.8) is 0 Å². The summed E-state index contributed by atoms with van der Waals surface area (Å²) >= 11 is 0. The van der Waals surface area contributed by atoms with Crippen LogP contribution in [0.5, 0.6) is 5.75 Å². The van der Waals surface area contributed by atoms with Gasteiger partial charge in [0, 0.05) is 18.4 Å². The summed E-state index contributed by atoms with van der Waals surface area (Å²) in [6.07, 6.45) is 3.14. The number of rotatable bonds is 6. The van der Waals surface area contributed by atoms with Crippen molar-refractivity contribution in [2.45, 2.75) is 6.54 Å². The molecule has 26 heavy (non-hydrogen) atoms. The van der Waals surface area contributed by atoms with Crippen molar-refractivity contribution >= 4 is 17.3 Å². The molecule has 1 amide bonds. The first-order valence-corrected chi connectivity index (χ1v) is 8.03. The molecule has 132 valence electrons. The van der Waals surface area contributed by atoms with Gasteiger partial charge in [-0.3, -0.25) is 9.78 Å². The molecule has 3 rings (SSSR count). The van der Waals surface area contributed by atoms with Crippen molar-refractivity contribution in [3.8, 4) is 5.75 Å². The topological polar surface area (TPSA) is 63.2 Å². The Balaban J connectivity index is 1.63. The van der Waals surface area contributed by atoms with E-state index in [0.29, 0.717) is 17.8 Å². The molecule has 0 atom stereocenters. The minimum Gasteiger partial charge on any atom is -0.497 e. The molecule has 0 spiro atoms. The number of ether oxygens (including phenoxy) is 1. The van der Waals surface area contributed by atoms with Crippen LogP contribution in [0.2, 0.25) is 0 Å². The second-order valence-electron chi connectivity index (χ2n) is 5.62. The Morgan fingerprint density at radius 1 is 1.04 bits per heavy atom. The monoisotopic (exact) mass is 351 g/mol. The highest BCUT2D eigenvalue weighted by Gasteiger charge is 2.07. The third-order valence-corrected chi connectivity index (χ3v) is 3.75. The van der Waals surface area contributed by atoms with Crippen LogP contribution in [0.3, 0.4) is 0 Å². The van der Waals surface area contributed by atoms with Crippen molar-refractivity contribution in [1.82, 2.24) is 10.3 Å². The largest absolute Gasteiger partial charge is 0.497 e. The standard InChI is InChI=1S/C20H18FN3O2/c1-26-19-8-6-17(7-9-19)24-18-10-15(12-22-13-18)20(25)23-11-14-2-4-16(21)5-3-14/h2-10,12-13,24H,11H2,1H3,(H,23,25). The number of pyridine rings is 1. The molecule has 0 aliphatic heterocycles. The first kappa shape index (κ1) is 17.4. The number of halogens is 1. The second kappa shape index (κ2) is 8.11. The van der Waals surface area contributed by atoms with Gasteiger partial charge in [-0.05, 0) is 48.0 Å². The van der Waals surface area contributed by atoms with Crippen molar-refractivity contribution in [2.75, 3.05) is 12.4 Å². The second-order valence-corrected chi connectivity index (χ2v) is 5.62. The molecule has 1 heterocycles. The van der Waals surface area contributed by atoms with Crippen molar-refractivity contribution in [2.24, 2.45) is 0 Å². The van der Waals surface area contributed by atoms with Crippen LogP contribution in [0.15, 0.2) is 67.0 Å². The molecule has 6 heteroatoms. The van der Waals surface area contributed by atoms with Crippen molar-refractivity contribution < 1.29 is 13.9 Å². The van der Waals surface area contributed by atoms with Crippen LogP contribution in [-0.2, 0) is 6.54 Å². The molecule has 0 bridgehead atoms. The molecule has 0 radical (unpaired) electrons. The van der Waals surface area contributed by atoms with Gasteiger partial charge >= 0.3 is 0 Å². The highest BCUT2D eigenvalue weighted by molar-refractivity contribution is 5.94. The lowest BCUT2D eigenvalue weighted by Crippen LogP contribution is -2.23. The van der Waals surface area contributed by atoms with Gasteiger partial charge in [-0.25, -0.2) is 4.39 Å². The number of hydrogen-bond donors (Lipinski definition) is 2. The smallest absolute Gasteiger partial charge is 0.253 e. The van der Waals surface area contributed by atoms with Gasteiger partial charge in [0.25, 0.3) is 5.91 Å². The van der Waals surface area contributed by atoms with Crippen LogP contribution in [-0.4, -0.2) is 18.0 Å². The number of nitrogens with zero attached hydrogens (tertiary/aromatic N) is 1. The van der Waals surface area contributed by atoms with E-state index >= 15 is 0 Å². The summed E-state index contributed by atoms with van der Waals surface area (Å²) in [6, 6.07) is 15.2. The third kappa shape index (κ3) is 4.57. The quantitative estimate of drug-likeness (QED) is 0.707. The van der Waals surface area contributed by atoms with Crippen LogP contribution >= 0.6 is 0 Å². The minimum absolute atomic E-state index is 0.250. The van der Waals surface area contributed by atoms with Crippen molar-refractivity contribution in [3.05, 3.63) is 83.9 Å². The number of methoxy groups -OCH3 is 1. The van der Waals surface area contributed by atoms with Crippen LogP contribution in [0, 0.1) is 5.82 Å². The lowest BCUT2D eigenvalue weighted by Gasteiger charge is -2.09. The number of benzene rings is 2. The molecule has 5 nitrogen and oxygen atoms in total. The van der Waals surface area contributed by atoms with Gasteiger partial charge in [0.15, 0.2) is 0 Å². The lowest BCUT2D eigenvalue weighted by atomic mass is 10.2. The first-order chi connectivity index (χ1) is 12.6. The summed E-state index contributed by atoms with van der Waals surface area (Å²) in [6.45, 7) is 0.315. The third-order valence-electron chi connectivity index (χ3n) is 3.75. The predicted octanol–water partition coefficient (Wildman–Crippen LogP) is 3.90. The Morgan fingerprint density at radius 2 is 1.77 bits per heavy atom. The molecule has 0 unspecified atom stereocenters. The van der Waals surface area contributed by atoms with E-state index in [2.05, 4.69) is 15.6 Å². The van der Waals surface area contributed by atoms with E-state index in [9.17, 15) is 9.18 Å². The summed E-state index contributed by atoms with van der Waals surface area (Å²) in [7, 11) is 1.61. The van der Waals surface area contributed by atoms with Gasteiger partial charge in [-0.2, -0.15) is 0 Å². The Bertz CT molecular complexity index is 880. The molecule has 2 aromatic carbocycles. The average molecular weight is 351 g/mol. The average Bonchev–Trinajstić information content (AvgIpc) is 2.68. The molecule has 0 saturated carbocycles. The number of amides is 1. The molecule has 1 aromatic heterocycles. The fraction of sp³-hybridized carbons (Fsp3) is 0.100. The van der Waals surface area contributed by atoms with E-state index in [1.54, 1.807) is 31.5 Å². The minimum atomic E-state index is -0.304. The fourth-order valence-electron chi connectivity index (χ4n) is 2.36. The zero-order valence-corrected chi connectivity index (χ0v) is 14.2. The van der Waals surface area contributed by atoms with E-state index in [0.717, 1.165) is 17.0 Å². The van der Waals surface area contributed by atoms with Gasteiger partial charge in [0.1, 0.15) is 11.6 Å². The highest BCUT2D eigenvalue weighted by Crippen LogP contribution is 2.20. The number of nitrogens with one attached hydrogen (secondary N) is 2. The molecule has 0 saturated heterocycles. The van der Waals surface area contributed by atoms with Crippen LogP contribution < -0.4 is 15.4 Å². The Morgan fingerprint density at radius 3 is 2.46 bits per heavy atom. The van der Waals surface area contributed by atoms with E-state index in [4.69, 9.17) is 4.74 Å². The lowest BCUT2D eigenvalue weighted by molar-refractivity contribution is 0.0950. The van der Waals surface area contributed by atoms with Crippen molar-refractivity contribution in [1.29, 1.82) is 0 Å². The van der Waals surface area contributed by atoms with Crippen LogP contribution in [0.1, 0.15) is 15.9 Å². The zero-order chi connectivity index (χ0) is 18.4. The number of anilines is 2. The van der Waals surface area contributed by atoms with Gasteiger partial charge in [-0.1, -0.05) is 12.1 Å². The summed E-state index contributed by atoms with van der Waals surface area (Å²) < 4.78 is 18.0. The normalized spacial score (nSPS) is 10.2. The maximum absolute atomic E-state index is 12.9. The highest BCUT2D eigenvalue weighted by atomic mass is 19.1. The van der Waals surface area contributed by atoms with Gasteiger partial charge in [0.05, 0.1) is 24.6 Å². The molecule has 3 aromatic rings. The summed E-state index contributed by atoms with van der Waals surface area (Å²) in [4.78, 5) is 16.4. The van der Waals surface area contributed by atoms with E-state index in [1.807, 2.05) is 24.3 Å². The molecular weight excluding hydrogens is 333 g/mol. The first-order valence-electron chi connectivity index (χ1n) is 8.03. The van der Waals surface area contributed by atoms with E-state index in [1.165, 1.54) is 18.3 Å². The number of carbonyl (C=O) groups is 1. The van der Waals surface area contributed by atoms with Gasteiger partial charge < -0.3 is 15.4 Å². The molecule has 2 N–H and O–H groups in total. The van der Waals surface area contributed by atoms with Crippen LogP contribution in [0.4, 0.5) is 15.8 Å². The van der Waals surface area contributed by atoms with E-state index < -0.39 is 0 Å². The molecule has 0 fully saturated rings. The number of hydrogen-bond acceptors (Lipinski definition) is 4. The summed E-state index contributed by atoms with van der Waals surface area (Å²) in [5, 5.41) is 5.99.